The molecule has 0 unspecified atom stereocenters. The van der Waals surface area contributed by atoms with Crippen molar-refractivity contribution in [1.82, 2.24) is 5.16 Å². The van der Waals surface area contributed by atoms with E-state index in [1.807, 2.05) is 6.07 Å². The fourth-order valence-electron chi connectivity index (χ4n) is 2.55. The number of nitrogens with zero attached hydrogens (tertiary/aromatic N) is 1. The van der Waals surface area contributed by atoms with Gasteiger partial charge in [-0.05, 0) is 47.5 Å². The first kappa shape index (κ1) is 16.4. The van der Waals surface area contributed by atoms with Crippen LogP contribution in [-0.2, 0) is 0 Å². The van der Waals surface area contributed by atoms with Gasteiger partial charge in [0.25, 0.3) is 0 Å². The predicted molar refractivity (Wildman–Crippen MR) is 96.3 cm³/mol. The summed E-state index contributed by atoms with van der Waals surface area (Å²) in [4.78, 5) is 0. The highest BCUT2D eigenvalue weighted by Crippen LogP contribution is 2.36. The first-order valence-corrected chi connectivity index (χ1v) is 7.54. The normalized spacial score (nSPS) is 10.3. The number of benzene rings is 2. The number of ether oxygens (including phenoxy) is 2. The molecule has 0 bridgehead atoms. The van der Waals surface area contributed by atoms with Crippen LogP contribution in [0.25, 0.3) is 22.6 Å². The van der Waals surface area contributed by atoms with Crippen LogP contribution in [0.4, 0.5) is 0 Å². The predicted octanol–water partition coefficient (Wildman–Crippen LogP) is 4.02. The Morgan fingerprint density at radius 2 is 1.40 bits per heavy atom. The molecule has 3 rings (SSSR count). The molecule has 0 aliphatic rings. The van der Waals surface area contributed by atoms with Crippen molar-refractivity contribution in [1.29, 1.82) is 10.8 Å². The molecule has 2 aromatic carbocycles. The van der Waals surface area contributed by atoms with Crippen molar-refractivity contribution < 1.29 is 14.0 Å². The maximum absolute atomic E-state index is 7.42. The molecule has 1 aromatic heterocycles. The second kappa shape index (κ2) is 7.00. The lowest BCUT2D eigenvalue weighted by molar-refractivity contribution is 0.405. The lowest BCUT2D eigenvalue weighted by Gasteiger charge is -2.07. The summed E-state index contributed by atoms with van der Waals surface area (Å²) in [5, 5.41) is 19.0. The molecule has 6 heteroatoms. The molecule has 3 aromatic rings. The molecule has 25 heavy (non-hydrogen) atoms. The zero-order chi connectivity index (χ0) is 17.8. The third-order valence-electron chi connectivity index (χ3n) is 3.83. The van der Waals surface area contributed by atoms with Gasteiger partial charge >= 0.3 is 0 Å². The number of methoxy groups -OCH3 is 2. The number of hydrogen-bond acceptors (Lipinski definition) is 6. The summed E-state index contributed by atoms with van der Waals surface area (Å²) in [7, 11) is 3.16. The molecule has 0 saturated carbocycles. The van der Waals surface area contributed by atoms with Crippen LogP contribution in [-0.4, -0.2) is 31.8 Å². The quantitative estimate of drug-likeness (QED) is 0.665. The van der Waals surface area contributed by atoms with E-state index < -0.39 is 0 Å². The van der Waals surface area contributed by atoms with Gasteiger partial charge in [0.2, 0.25) is 0 Å². The van der Waals surface area contributed by atoms with Crippen LogP contribution in [0.15, 0.2) is 47.0 Å². The fraction of sp³-hybridized carbons (Fsp3) is 0.105. The summed E-state index contributed by atoms with van der Waals surface area (Å²) in [6.07, 6.45) is 2.53. The third-order valence-corrected chi connectivity index (χ3v) is 3.83. The second-order valence-electron chi connectivity index (χ2n) is 5.28. The van der Waals surface area contributed by atoms with E-state index in [1.54, 1.807) is 50.6 Å². The van der Waals surface area contributed by atoms with Gasteiger partial charge in [0, 0.05) is 24.1 Å². The van der Waals surface area contributed by atoms with Gasteiger partial charge in [0.1, 0.15) is 17.2 Å². The van der Waals surface area contributed by atoms with E-state index in [-0.39, 0.29) is 0 Å². The van der Waals surface area contributed by atoms with Crippen LogP contribution < -0.4 is 9.47 Å². The van der Waals surface area contributed by atoms with Crippen LogP contribution in [0.2, 0.25) is 0 Å². The molecule has 2 N–H and O–H groups in total. The molecule has 0 saturated heterocycles. The largest absolute Gasteiger partial charge is 0.496 e. The van der Waals surface area contributed by atoms with E-state index in [4.69, 9.17) is 24.8 Å². The summed E-state index contributed by atoms with van der Waals surface area (Å²) in [6, 6.07) is 12.6. The Morgan fingerprint density at radius 1 is 0.840 bits per heavy atom. The number of hydrogen-bond donors (Lipinski definition) is 2. The molecular weight excluding hydrogens is 318 g/mol. The highest BCUT2D eigenvalue weighted by atomic mass is 16.5. The van der Waals surface area contributed by atoms with Crippen molar-refractivity contribution in [2.75, 3.05) is 14.2 Å². The van der Waals surface area contributed by atoms with Gasteiger partial charge in [0.15, 0.2) is 5.76 Å². The lowest BCUT2D eigenvalue weighted by Crippen LogP contribution is -1.90. The molecule has 0 aliphatic carbocycles. The second-order valence-corrected chi connectivity index (χ2v) is 5.28. The van der Waals surface area contributed by atoms with Crippen molar-refractivity contribution in [3.05, 3.63) is 53.6 Å². The smallest absolute Gasteiger partial charge is 0.171 e. The minimum absolute atomic E-state index is 0.526. The molecular formula is C19H17N3O3. The topological polar surface area (TPSA) is 92.2 Å². The summed E-state index contributed by atoms with van der Waals surface area (Å²) in [5.41, 5.74) is 3.52. The van der Waals surface area contributed by atoms with E-state index in [9.17, 15) is 0 Å². The van der Waals surface area contributed by atoms with E-state index in [0.29, 0.717) is 28.5 Å². The van der Waals surface area contributed by atoms with Crippen LogP contribution in [0.3, 0.4) is 0 Å². The molecule has 0 fully saturated rings. The zero-order valence-electron chi connectivity index (χ0n) is 13.9. The Hall–Kier alpha value is -3.41. The summed E-state index contributed by atoms with van der Waals surface area (Å²) in [5.74, 6) is 1.80. The van der Waals surface area contributed by atoms with E-state index in [1.165, 1.54) is 12.4 Å². The highest BCUT2D eigenvalue weighted by molar-refractivity contribution is 5.84. The van der Waals surface area contributed by atoms with Crippen molar-refractivity contribution in [2.24, 2.45) is 0 Å². The molecule has 126 valence electrons. The number of rotatable bonds is 6. The molecule has 1 heterocycles. The average molecular weight is 335 g/mol. The van der Waals surface area contributed by atoms with Gasteiger partial charge in [-0.25, -0.2) is 0 Å². The van der Waals surface area contributed by atoms with Gasteiger partial charge < -0.3 is 24.8 Å². The van der Waals surface area contributed by atoms with Crippen molar-refractivity contribution in [3.8, 4) is 34.1 Å². The minimum Gasteiger partial charge on any atom is -0.496 e. The fourth-order valence-corrected chi connectivity index (χ4v) is 2.55. The summed E-state index contributed by atoms with van der Waals surface area (Å²) in [6.45, 7) is 0. The van der Waals surface area contributed by atoms with Gasteiger partial charge in [-0.1, -0.05) is 5.16 Å². The van der Waals surface area contributed by atoms with Crippen LogP contribution in [0.1, 0.15) is 11.1 Å². The molecule has 6 nitrogen and oxygen atoms in total. The highest BCUT2D eigenvalue weighted by Gasteiger charge is 2.16. The Kier molecular flexibility index (Phi) is 4.61. The molecule has 0 aliphatic heterocycles. The Labute approximate surface area is 145 Å². The average Bonchev–Trinajstić information content (AvgIpc) is 3.16. The standard InChI is InChI=1S/C19H17N3O3/c1-23-17-5-3-12(10-20)7-14(17)16-9-19(25-22-16)15-8-13(11-21)4-6-18(15)24-2/h3-11,20-21H,1-2H3. The van der Waals surface area contributed by atoms with Crippen molar-refractivity contribution >= 4 is 12.4 Å². The van der Waals surface area contributed by atoms with Crippen LogP contribution in [0.5, 0.6) is 11.5 Å². The van der Waals surface area contributed by atoms with Gasteiger partial charge in [-0.15, -0.1) is 0 Å². The molecule has 0 radical (unpaired) electrons. The number of nitrogens with one attached hydrogen (secondary N) is 2. The minimum atomic E-state index is 0.526. The Morgan fingerprint density at radius 3 is 1.96 bits per heavy atom. The molecule has 0 atom stereocenters. The SMILES string of the molecule is COc1ccc(C=N)cc1-c1cc(-c2cc(C=N)ccc2OC)on1. The van der Waals surface area contributed by atoms with Gasteiger partial charge in [-0.2, -0.15) is 0 Å². The van der Waals surface area contributed by atoms with E-state index >= 15 is 0 Å². The van der Waals surface area contributed by atoms with E-state index in [2.05, 4.69) is 5.16 Å². The Balaban J connectivity index is 2.10. The maximum Gasteiger partial charge on any atom is 0.171 e. The summed E-state index contributed by atoms with van der Waals surface area (Å²) >= 11 is 0. The zero-order valence-corrected chi connectivity index (χ0v) is 13.9. The van der Waals surface area contributed by atoms with Crippen LogP contribution in [0, 0.1) is 10.8 Å². The Bertz CT molecular complexity index is 857. The molecule has 0 spiro atoms. The molecule has 0 amide bonds. The van der Waals surface area contributed by atoms with Crippen molar-refractivity contribution in [2.45, 2.75) is 0 Å². The maximum atomic E-state index is 7.42. The lowest BCUT2D eigenvalue weighted by atomic mass is 10.0. The van der Waals surface area contributed by atoms with Crippen LogP contribution >= 0.6 is 0 Å². The third kappa shape index (κ3) is 3.14. The van der Waals surface area contributed by atoms with Crippen molar-refractivity contribution in [3.63, 3.8) is 0 Å². The number of aromatic nitrogens is 1. The van der Waals surface area contributed by atoms with Gasteiger partial charge in [0.05, 0.1) is 19.8 Å². The first-order chi connectivity index (χ1) is 12.2. The summed E-state index contributed by atoms with van der Waals surface area (Å²) < 4.78 is 16.3. The van der Waals surface area contributed by atoms with E-state index in [0.717, 1.165) is 16.7 Å². The monoisotopic (exact) mass is 335 g/mol. The van der Waals surface area contributed by atoms with Gasteiger partial charge in [-0.3, -0.25) is 0 Å². The first-order valence-electron chi connectivity index (χ1n) is 7.54.